The number of nitrogens with zero attached hydrogens (tertiary/aromatic N) is 1. The van der Waals surface area contributed by atoms with E-state index in [-0.39, 0.29) is 36.2 Å². The van der Waals surface area contributed by atoms with Crippen molar-refractivity contribution in [1.82, 2.24) is 10.2 Å². The van der Waals surface area contributed by atoms with Crippen LogP contribution in [-0.2, 0) is 32.3 Å². The zero-order valence-electron chi connectivity index (χ0n) is 25.5. The first kappa shape index (κ1) is 31.5. The number of sulfone groups is 1. The molecule has 6 rings (SSSR count). The molecule has 2 saturated heterocycles. The van der Waals surface area contributed by atoms with Crippen LogP contribution in [0.5, 0.6) is 5.75 Å². The molecule has 2 N–H and O–H groups in total. The topological polar surface area (TPSA) is 114 Å². The molecule has 1 aliphatic carbocycles. The number of benzene rings is 3. The average molecular weight is 635 g/mol. The standard InChI is InChI=1S/C35H42N2O7S/c38-29(25-42-32-12-7-13-33(45(40,41)30-14-15-30)31(32)20-26-8-3-1-4-9-26)22-36-28-21-35(44-24-28)16-18-37(19-17-35)34(39)43-23-27-10-5-2-6-11-27/h1-13,28-30,36,38H,14-25H2/t28-,29+/m1/s1. The van der Waals surface area contributed by atoms with Crippen molar-refractivity contribution in [3.63, 3.8) is 0 Å². The van der Waals surface area contributed by atoms with Crippen LogP contribution in [0.1, 0.15) is 48.8 Å². The van der Waals surface area contributed by atoms with Crippen LogP contribution >= 0.6 is 0 Å². The van der Waals surface area contributed by atoms with Crippen molar-refractivity contribution >= 4 is 15.9 Å². The fourth-order valence-electron chi connectivity index (χ4n) is 6.26. The third kappa shape index (κ3) is 7.87. The normalized spacial score (nSPS) is 20.2. The molecule has 0 aromatic heterocycles. The summed E-state index contributed by atoms with van der Waals surface area (Å²) in [5.41, 5.74) is 2.31. The maximum atomic E-state index is 13.3. The molecule has 2 aliphatic heterocycles. The number of aliphatic hydroxyl groups excluding tert-OH is 1. The minimum atomic E-state index is -3.43. The first-order chi connectivity index (χ1) is 21.8. The number of nitrogens with one attached hydrogen (secondary N) is 1. The lowest BCUT2D eigenvalue weighted by Gasteiger charge is -2.38. The van der Waals surface area contributed by atoms with Crippen molar-refractivity contribution in [2.24, 2.45) is 0 Å². The molecule has 1 saturated carbocycles. The second-order valence-corrected chi connectivity index (χ2v) is 14.6. The Bertz CT molecular complexity index is 1540. The van der Waals surface area contributed by atoms with E-state index in [1.807, 2.05) is 60.7 Å². The van der Waals surface area contributed by atoms with Gasteiger partial charge in [-0.3, -0.25) is 0 Å². The summed E-state index contributed by atoms with van der Waals surface area (Å²) >= 11 is 0. The summed E-state index contributed by atoms with van der Waals surface area (Å²) in [5, 5.41) is 13.9. The third-order valence-electron chi connectivity index (χ3n) is 9.00. The van der Waals surface area contributed by atoms with E-state index < -0.39 is 15.9 Å². The molecule has 10 heteroatoms. The summed E-state index contributed by atoms with van der Waals surface area (Å²) in [6.45, 7) is 2.30. The van der Waals surface area contributed by atoms with E-state index in [9.17, 15) is 18.3 Å². The summed E-state index contributed by atoms with van der Waals surface area (Å²) in [6.07, 6.45) is 2.99. The molecule has 3 aliphatic rings. The SMILES string of the molecule is O=C(OCc1ccccc1)N1CCC2(CC1)C[C@@H](NC[C@H](O)COc1cccc(S(=O)(=O)C3CC3)c1Cc1ccccc1)CO2. The van der Waals surface area contributed by atoms with Crippen LogP contribution in [0.2, 0.25) is 0 Å². The van der Waals surface area contributed by atoms with Gasteiger partial charge in [-0.25, -0.2) is 13.2 Å². The Morgan fingerprint density at radius 3 is 2.36 bits per heavy atom. The molecular weight excluding hydrogens is 592 g/mol. The third-order valence-corrected chi connectivity index (χ3v) is 11.3. The smallest absolute Gasteiger partial charge is 0.410 e. The number of piperidine rings is 1. The Morgan fingerprint density at radius 2 is 1.67 bits per heavy atom. The van der Waals surface area contributed by atoms with Crippen molar-refractivity contribution < 1.29 is 32.5 Å². The number of aliphatic hydroxyl groups is 1. The summed E-state index contributed by atoms with van der Waals surface area (Å²) < 4.78 is 44.3. The molecule has 2 atom stereocenters. The highest BCUT2D eigenvalue weighted by molar-refractivity contribution is 7.92. The van der Waals surface area contributed by atoms with Crippen LogP contribution in [0.4, 0.5) is 4.79 Å². The summed E-state index contributed by atoms with van der Waals surface area (Å²) in [5.74, 6) is 0.483. The number of ether oxygens (including phenoxy) is 3. The zero-order chi connectivity index (χ0) is 31.3. The van der Waals surface area contributed by atoms with E-state index in [0.29, 0.717) is 61.7 Å². The van der Waals surface area contributed by atoms with Gasteiger partial charge in [0.05, 0.1) is 22.4 Å². The van der Waals surface area contributed by atoms with Gasteiger partial charge in [0, 0.05) is 37.7 Å². The van der Waals surface area contributed by atoms with Crippen molar-refractivity contribution in [3.05, 3.63) is 95.6 Å². The summed E-state index contributed by atoms with van der Waals surface area (Å²) in [6, 6.07) is 24.6. The number of hydrogen-bond donors (Lipinski definition) is 2. The Kier molecular flexibility index (Phi) is 9.75. The predicted molar refractivity (Wildman–Crippen MR) is 170 cm³/mol. The highest BCUT2D eigenvalue weighted by atomic mass is 32.2. The molecule has 0 radical (unpaired) electrons. The van der Waals surface area contributed by atoms with E-state index in [0.717, 1.165) is 30.4 Å². The van der Waals surface area contributed by atoms with Gasteiger partial charge in [0.2, 0.25) is 0 Å². The molecule has 9 nitrogen and oxygen atoms in total. The van der Waals surface area contributed by atoms with Gasteiger partial charge in [-0.05, 0) is 55.4 Å². The van der Waals surface area contributed by atoms with Crippen LogP contribution in [-0.4, -0.2) is 80.4 Å². The fourth-order valence-corrected chi connectivity index (χ4v) is 8.16. The van der Waals surface area contributed by atoms with E-state index in [1.165, 1.54) is 0 Å². The number of rotatable bonds is 12. The fraction of sp³-hybridized carbons (Fsp3) is 0.457. The summed E-state index contributed by atoms with van der Waals surface area (Å²) in [4.78, 5) is 14.6. The van der Waals surface area contributed by atoms with Gasteiger partial charge in [0.1, 0.15) is 25.1 Å². The Hall–Kier alpha value is -3.44. The van der Waals surface area contributed by atoms with Gasteiger partial charge >= 0.3 is 6.09 Å². The highest BCUT2D eigenvalue weighted by Crippen LogP contribution is 2.39. The van der Waals surface area contributed by atoms with Crippen LogP contribution in [0.25, 0.3) is 0 Å². The first-order valence-electron chi connectivity index (χ1n) is 15.8. The van der Waals surface area contributed by atoms with Gasteiger partial charge in [0.15, 0.2) is 9.84 Å². The second-order valence-electron chi connectivity index (χ2n) is 12.4. The molecule has 3 aromatic carbocycles. The van der Waals surface area contributed by atoms with Gasteiger partial charge in [0.25, 0.3) is 0 Å². The number of amides is 1. The monoisotopic (exact) mass is 634 g/mol. The second kappa shape index (κ2) is 13.9. The molecule has 3 fully saturated rings. The molecule has 0 bridgehead atoms. The molecule has 240 valence electrons. The van der Waals surface area contributed by atoms with Crippen molar-refractivity contribution in [2.45, 2.75) is 73.0 Å². The lowest BCUT2D eigenvalue weighted by atomic mass is 9.87. The molecule has 3 aromatic rings. The van der Waals surface area contributed by atoms with E-state index >= 15 is 0 Å². The molecule has 1 amide bonds. The predicted octanol–water partition coefficient (Wildman–Crippen LogP) is 4.50. The minimum Gasteiger partial charge on any atom is -0.491 e. The van der Waals surface area contributed by atoms with Crippen LogP contribution in [0, 0.1) is 0 Å². The molecular formula is C35H42N2O7S. The maximum absolute atomic E-state index is 13.3. The van der Waals surface area contributed by atoms with Gasteiger partial charge in [-0.1, -0.05) is 66.7 Å². The van der Waals surface area contributed by atoms with Gasteiger partial charge < -0.3 is 29.5 Å². The van der Waals surface area contributed by atoms with Crippen molar-refractivity contribution in [1.29, 1.82) is 0 Å². The molecule has 1 spiro atoms. The highest BCUT2D eigenvalue weighted by Gasteiger charge is 2.44. The number of carbonyl (C=O) groups excluding carboxylic acids is 1. The Morgan fingerprint density at radius 1 is 0.978 bits per heavy atom. The maximum Gasteiger partial charge on any atom is 0.410 e. The Balaban J connectivity index is 0.981. The van der Waals surface area contributed by atoms with Gasteiger partial charge in [-0.15, -0.1) is 0 Å². The largest absolute Gasteiger partial charge is 0.491 e. The molecule has 2 heterocycles. The zero-order valence-corrected chi connectivity index (χ0v) is 26.3. The molecule has 0 unspecified atom stereocenters. The number of carbonyl (C=O) groups is 1. The number of likely N-dealkylation sites (tertiary alicyclic amines) is 1. The quantitative estimate of drug-likeness (QED) is 0.300. The van der Waals surface area contributed by atoms with E-state index in [2.05, 4.69) is 5.32 Å². The van der Waals surface area contributed by atoms with Crippen LogP contribution < -0.4 is 10.1 Å². The lowest BCUT2D eigenvalue weighted by Crippen LogP contribution is -2.47. The van der Waals surface area contributed by atoms with Crippen LogP contribution in [0.3, 0.4) is 0 Å². The minimum absolute atomic E-state index is 0.0283. The Labute approximate surface area is 265 Å². The average Bonchev–Trinajstić information content (AvgIpc) is 3.86. The van der Waals surface area contributed by atoms with Crippen molar-refractivity contribution in [3.8, 4) is 5.75 Å². The lowest BCUT2D eigenvalue weighted by molar-refractivity contribution is -0.0422. The van der Waals surface area contributed by atoms with Crippen molar-refractivity contribution in [2.75, 3.05) is 32.8 Å². The van der Waals surface area contributed by atoms with E-state index in [1.54, 1.807) is 23.1 Å². The van der Waals surface area contributed by atoms with E-state index in [4.69, 9.17) is 14.2 Å². The number of hydrogen-bond acceptors (Lipinski definition) is 8. The summed E-state index contributed by atoms with van der Waals surface area (Å²) in [7, 11) is -3.43. The first-order valence-corrected chi connectivity index (χ1v) is 17.4. The van der Waals surface area contributed by atoms with Gasteiger partial charge in [-0.2, -0.15) is 0 Å². The molecule has 45 heavy (non-hydrogen) atoms. The van der Waals surface area contributed by atoms with Crippen LogP contribution in [0.15, 0.2) is 83.8 Å².